The second-order valence-electron chi connectivity index (χ2n) is 5.58. The van der Waals surface area contributed by atoms with E-state index in [2.05, 4.69) is 21.2 Å². The Labute approximate surface area is 143 Å². The van der Waals surface area contributed by atoms with E-state index < -0.39 is 5.54 Å². The molecule has 2 aromatic rings. The van der Waals surface area contributed by atoms with E-state index in [9.17, 15) is 9.59 Å². The van der Waals surface area contributed by atoms with Gasteiger partial charge in [0.25, 0.3) is 5.91 Å². The lowest BCUT2D eigenvalue weighted by Crippen LogP contribution is -2.43. The quantitative estimate of drug-likeness (QED) is 0.829. The fraction of sp³-hybridized carbons (Fsp3) is 0.222. The van der Waals surface area contributed by atoms with Crippen LogP contribution in [0.1, 0.15) is 24.5 Å². The van der Waals surface area contributed by atoms with E-state index in [0.29, 0.717) is 6.42 Å². The van der Waals surface area contributed by atoms with E-state index in [1.807, 2.05) is 61.5 Å². The molecule has 23 heavy (non-hydrogen) atoms. The molecule has 1 aliphatic heterocycles. The smallest absolute Gasteiger partial charge is 0.319 e. The zero-order valence-corrected chi connectivity index (χ0v) is 14.3. The molecule has 0 aromatic heterocycles. The molecule has 1 N–H and O–H groups in total. The molecule has 1 heterocycles. The Morgan fingerprint density at radius 1 is 1.09 bits per heavy atom. The fourth-order valence-electron chi connectivity index (χ4n) is 2.95. The zero-order valence-electron chi connectivity index (χ0n) is 12.8. The van der Waals surface area contributed by atoms with E-state index in [-0.39, 0.29) is 18.5 Å². The van der Waals surface area contributed by atoms with Gasteiger partial charge in [-0.2, -0.15) is 0 Å². The molecule has 3 rings (SSSR count). The largest absolute Gasteiger partial charge is 0.325 e. The van der Waals surface area contributed by atoms with Gasteiger partial charge in [0, 0.05) is 4.47 Å². The molecule has 2 aromatic carbocycles. The molecule has 118 valence electrons. The van der Waals surface area contributed by atoms with Gasteiger partial charge in [0.05, 0.1) is 6.54 Å². The summed E-state index contributed by atoms with van der Waals surface area (Å²) in [5, 5.41) is 2.89. The molecule has 0 spiro atoms. The van der Waals surface area contributed by atoms with Crippen LogP contribution in [0.5, 0.6) is 0 Å². The van der Waals surface area contributed by atoms with Gasteiger partial charge in [-0.25, -0.2) is 4.79 Å². The van der Waals surface area contributed by atoms with Gasteiger partial charge in [-0.05, 0) is 29.7 Å². The SMILES string of the molecule is CC[C@@]1(c2ccccc2)NC(=O)N(Cc2cccc(Br)c2)C1=O. The van der Waals surface area contributed by atoms with Crippen molar-refractivity contribution in [1.29, 1.82) is 0 Å². The first-order chi connectivity index (χ1) is 11.1. The molecular formula is C18H17BrN2O2. The number of rotatable bonds is 4. The Balaban J connectivity index is 1.93. The topological polar surface area (TPSA) is 49.4 Å². The molecule has 1 saturated heterocycles. The predicted octanol–water partition coefficient (Wildman–Crippen LogP) is 3.81. The van der Waals surface area contributed by atoms with Crippen LogP contribution < -0.4 is 5.32 Å². The fourth-order valence-corrected chi connectivity index (χ4v) is 3.40. The van der Waals surface area contributed by atoms with Crippen molar-refractivity contribution in [3.63, 3.8) is 0 Å². The van der Waals surface area contributed by atoms with Gasteiger partial charge in [0.15, 0.2) is 0 Å². The third-order valence-electron chi connectivity index (χ3n) is 4.20. The van der Waals surface area contributed by atoms with Crippen LogP contribution >= 0.6 is 15.9 Å². The van der Waals surface area contributed by atoms with Crippen molar-refractivity contribution < 1.29 is 9.59 Å². The van der Waals surface area contributed by atoms with Gasteiger partial charge in [0.2, 0.25) is 0 Å². The minimum Gasteiger partial charge on any atom is -0.319 e. The Morgan fingerprint density at radius 2 is 1.83 bits per heavy atom. The Morgan fingerprint density at radius 3 is 2.48 bits per heavy atom. The van der Waals surface area contributed by atoms with E-state index in [4.69, 9.17) is 0 Å². The summed E-state index contributed by atoms with van der Waals surface area (Å²) in [4.78, 5) is 26.7. The maximum Gasteiger partial charge on any atom is 0.325 e. The number of hydrogen-bond donors (Lipinski definition) is 1. The maximum atomic E-state index is 13.0. The van der Waals surface area contributed by atoms with Crippen molar-refractivity contribution in [2.45, 2.75) is 25.4 Å². The minimum absolute atomic E-state index is 0.198. The number of nitrogens with one attached hydrogen (secondary N) is 1. The lowest BCUT2D eigenvalue weighted by Gasteiger charge is -2.25. The number of carbonyl (C=O) groups is 2. The lowest BCUT2D eigenvalue weighted by atomic mass is 9.87. The van der Waals surface area contributed by atoms with Crippen LogP contribution in [0.3, 0.4) is 0 Å². The molecular weight excluding hydrogens is 356 g/mol. The number of amides is 3. The van der Waals surface area contributed by atoms with Gasteiger partial charge in [-0.15, -0.1) is 0 Å². The average Bonchev–Trinajstić information content (AvgIpc) is 2.81. The van der Waals surface area contributed by atoms with Crippen molar-refractivity contribution >= 4 is 27.9 Å². The summed E-state index contributed by atoms with van der Waals surface area (Å²) in [5.74, 6) is -0.198. The number of carbonyl (C=O) groups excluding carboxylic acids is 2. The summed E-state index contributed by atoms with van der Waals surface area (Å²) in [5.41, 5.74) is 0.755. The van der Waals surface area contributed by atoms with Gasteiger partial charge >= 0.3 is 6.03 Å². The first-order valence-electron chi connectivity index (χ1n) is 7.51. The van der Waals surface area contributed by atoms with Gasteiger partial charge < -0.3 is 5.32 Å². The second-order valence-corrected chi connectivity index (χ2v) is 6.49. The summed E-state index contributed by atoms with van der Waals surface area (Å²) in [6.45, 7) is 2.17. The van der Waals surface area contributed by atoms with Crippen molar-refractivity contribution in [1.82, 2.24) is 10.2 Å². The maximum absolute atomic E-state index is 13.0. The summed E-state index contributed by atoms with van der Waals surface area (Å²) in [7, 11) is 0. The van der Waals surface area contributed by atoms with Crippen LogP contribution in [0.2, 0.25) is 0 Å². The van der Waals surface area contributed by atoms with E-state index >= 15 is 0 Å². The number of hydrogen-bond acceptors (Lipinski definition) is 2. The Hall–Kier alpha value is -2.14. The van der Waals surface area contributed by atoms with Crippen LogP contribution in [-0.4, -0.2) is 16.8 Å². The summed E-state index contributed by atoms with van der Waals surface area (Å²) in [6, 6.07) is 16.7. The molecule has 5 heteroatoms. The van der Waals surface area contributed by atoms with Gasteiger partial charge in [-0.3, -0.25) is 9.69 Å². The Kier molecular flexibility index (Phi) is 4.22. The summed E-state index contributed by atoms with van der Waals surface area (Å²) in [6.07, 6.45) is 0.510. The number of nitrogens with zero attached hydrogens (tertiary/aromatic N) is 1. The van der Waals surface area contributed by atoms with Crippen molar-refractivity contribution in [2.24, 2.45) is 0 Å². The van der Waals surface area contributed by atoms with Crippen LogP contribution in [0.4, 0.5) is 4.79 Å². The van der Waals surface area contributed by atoms with E-state index in [0.717, 1.165) is 15.6 Å². The summed E-state index contributed by atoms with van der Waals surface area (Å²) >= 11 is 3.41. The zero-order chi connectivity index (χ0) is 16.4. The number of halogens is 1. The second kappa shape index (κ2) is 6.16. The first kappa shape index (κ1) is 15.7. The van der Waals surface area contributed by atoms with Crippen molar-refractivity contribution in [3.8, 4) is 0 Å². The molecule has 0 bridgehead atoms. The molecule has 3 amide bonds. The van der Waals surface area contributed by atoms with Crippen molar-refractivity contribution in [3.05, 3.63) is 70.2 Å². The third kappa shape index (κ3) is 2.77. The molecule has 1 fully saturated rings. The summed E-state index contributed by atoms with van der Waals surface area (Å²) < 4.78 is 0.923. The van der Waals surface area contributed by atoms with Crippen LogP contribution in [0.25, 0.3) is 0 Å². The molecule has 0 saturated carbocycles. The number of imide groups is 1. The highest BCUT2D eigenvalue weighted by Gasteiger charge is 2.50. The number of urea groups is 1. The van der Waals surface area contributed by atoms with Crippen molar-refractivity contribution in [2.75, 3.05) is 0 Å². The average molecular weight is 373 g/mol. The van der Waals surface area contributed by atoms with E-state index in [1.54, 1.807) is 0 Å². The first-order valence-corrected chi connectivity index (χ1v) is 8.30. The highest BCUT2D eigenvalue weighted by Crippen LogP contribution is 2.33. The molecule has 1 atom stereocenters. The molecule has 4 nitrogen and oxygen atoms in total. The monoisotopic (exact) mass is 372 g/mol. The minimum atomic E-state index is -0.968. The normalized spacial score (nSPS) is 20.7. The molecule has 0 radical (unpaired) electrons. The van der Waals surface area contributed by atoms with Crippen LogP contribution in [0, 0.1) is 0 Å². The lowest BCUT2D eigenvalue weighted by molar-refractivity contribution is -0.132. The third-order valence-corrected chi connectivity index (χ3v) is 4.70. The predicted molar refractivity (Wildman–Crippen MR) is 91.6 cm³/mol. The Bertz CT molecular complexity index is 748. The van der Waals surface area contributed by atoms with E-state index in [1.165, 1.54) is 4.90 Å². The van der Waals surface area contributed by atoms with Gasteiger partial charge in [-0.1, -0.05) is 65.3 Å². The number of benzene rings is 2. The standard InChI is InChI=1S/C18H17BrN2O2/c1-2-18(14-8-4-3-5-9-14)16(22)21(17(23)20-18)12-13-7-6-10-15(19)11-13/h3-11H,2,12H2,1H3,(H,20,23)/t18-/m0/s1. The molecule has 1 aliphatic rings. The molecule has 0 aliphatic carbocycles. The molecule has 0 unspecified atom stereocenters. The van der Waals surface area contributed by atoms with Gasteiger partial charge in [0.1, 0.15) is 5.54 Å². The van der Waals surface area contributed by atoms with Crippen LogP contribution in [-0.2, 0) is 16.9 Å². The highest BCUT2D eigenvalue weighted by molar-refractivity contribution is 9.10. The highest BCUT2D eigenvalue weighted by atomic mass is 79.9. The van der Waals surface area contributed by atoms with Crippen LogP contribution in [0.15, 0.2) is 59.1 Å².